The number of halogens is 1. The minimum Gasteiger partial charge on any atom is -0.497 e. The van der Waals surface area contributed by atoms with Gasteiger partial charge in [-0.25, -0.2) is 0 Å². The van der Waals surface area contributed by atoms with Crippen molar-refractivity contribution in [2.75, 3.05) is 7.11 Å². The molecule has 2 aromatic carbocycles. The van der Waals surface area contributed by atoms with E-state index in [0.717, 1.165) is 22.4 Å². The molecular weight excluding hydrogens is 306 g/mol. The standard InChI is InChI=1S/C16H16ClNO2S/c1-19-14-4-2-3-11(7-14)9-20-10-13-6-5-12(16(18)21)8-15(13)17/h2-8H,9-10H2,1H3,(H2,18,21). The Balaban J connectivity index is 1.95. The van der Waals surface area contributed by atoms with Gasteiger partial charge in [-0.1, -0.05) is 48.1 Å². The molecule has 3 nitrogen and oxygen atoms in total. The Hall–Kier alpha value is -1.62. The van der Waals surface area contributed by atoms with Crippen molar-refractivity contribution in [3.05, 3.63) is 64.2 Å². The Morgan fingerprint density at radius 1 is 1.19 bits per heavy atom. The van der Waals surface area contributed by atoms with Crippen molar-refractivity contribution in [2.24, 2.45) is 5.73 Å². The summed E-state index contributed by atoms with van der Waals surface area (Å²) >= 11 is 11.1. The fraction of sp³-hybridized carbons (Fsp3) is 0.188. The van der Waals surface area contributed by atoms with E-state index in [2.05, 4.69) is 0 Å². The van der Waals surface area contributed by atoms with Gasteiger partial charge in [-0.2, -0.15) is 0 Å². The third-order valence-electron chi connectivity index (χ3n) is 3.00. The number of benzene rings is 2. The Bertz CT molecular complexity index is 646. The molecule has 21 heavy (non-hydrogen) atoms. The molecule has 0 saturated carbocycles. The first kappa shape index (κ1) is 15.8. The van der Waals surface area contributed by atoms with E-state index in [1.54, 1.807) is 13.2 Å². The summed E-state index contributed by atoms with van der Waals surface area (Å²) in [5.41, 5.74) is 8.27. The lowest BCUT2D eigenvalue weighted by atomic mass is 10.1. The molecule has 0 heterocycles. The zero-order valence-corrected chi connectivity index (χ0v) is 13.2. The highest BCUT2D eigenvalue weighted by Crippen LogP contribution is 2.20. The Labute approximate surface area is 134 Å². The molecule has 0 saturated heterocycles. The van der Waals surface area contributed by atoms with Crippen molar-refractivity contribution in [3.63, 3.8) is 0 Å². The summed E-state index contributed by atoms with van der Waals surface area (Å²) in [6, 6.07) is 13.2. The molecule has 0 fully saturated rings. The zero-order valence-electron chi connectivity index (χ0n) is 11.6. The minimum absolute atomic E-state index is 0.334. The molecule has 0 radical (unpaired) electrons. The zero-order chi connectivity index (χ0) is 15.2. The Kier molecular flexibility index (Phi) is 5.56. The van der Waals surface area contributed by atoms with E-state index in [-0.39, 0.29) is 0 Å². The first-order chi connectivity index (χ1) is 10.1. The highest BCUT2D eigenvalue weighted by Gasteiger charge is 2.04. The van der Waals surface area contributed by atoms with Gasteiger partial charge in [-0.15, -0.1) is 0 Å². The number of thiocarbonyl (C=S) groups is 1. The largest absolute Gasteiger partial charge is 0.497 e. The second-order valence-electron chi connectivity index (χ2n) is 4.51. The summed E-state index contributed by atoms with van der Waals surface area (Å²) in [5.74, 6) is 0.815. The molecule has 5 heteroatoms. The third kappa shape index (κ3) is 4.43. The van der Waals surface area contributed by atoms with Crippen LogP contribution in [-0.2, 0) is 18.0 Å². The second-order valence-corrected chi connectivity index (χ2v) is 5.36. The van der Waals surface area contributed by atoms with Crippen LogP contribution in [0.25, 0.3) is 0 Å². The second kappa shape index (κ2) is 7.41. The fourth-order valence-electron chi connectivity index (χ4n) is 1.86. The highest BCUT2D eigenvalue weighted by atomic mass is 35.5. The van der Waals surface area contributed by atoms with Gasteiger partial charge in [0, 0.05) is 10.6 Å². The molecule has 0 aliphatic heterocycles. The number of hydrogen-bond donors (Lipinski definition) is 1. The van der Waals surface area contributed by atoms with Crippen LogP contribution in [0.2, 0.25) is 5.02 Å². The van der Waals surface area contributed by atoms with Gasteiger partial charge in [-0.3, -0.25) is 0 Å². The van der Waals surface area contributed by atoms with Crippen LogP contribution in [0.15, 0.2) is 42.5 Å². The van der Waals surface area contributed by atoms with Gasteiger partial charge in [-0.05, 0) is 29.3 Å². The van der Waals surface area contributed by atoms with E-state index in [1.807, 2.05) is 36.4 Å². The van der Waals surface area contributed by atoms with Crippen LogP contribution in [0.5, 0.6) is 5.75 Å². The Morgan fingerprint density at radius 3 is 2.67 bits per heavy atom. The molecule has 0 aliphatic rings. The lowest BCUT2D eigenvalue weighted by molar-refractivity contribution is 0.107. The van der Waals surface area contributed by atoms with Crippen molar-refractivity contribution in [3.8, 4) is 5.75 Å². The summed E-state index contributed by atoms with van der Waals surface area (Å²) in [7, 11) is 1.64. The van der Waals surface area contributed by atoms with E-state index in [4.69, 9.17) is 39.0 Å². The topological polar surface area (TPSA) is 44.5 Å². The summed E-state index contributed by atoms with van der Waals surface area (Å²) < 4.78 is 10.9. The maximum absolute atomic E-state index is 6.19. The molecule has 0 spiro atoms. The number of rotatable bonds is 6. The molecule has 0 atom stereocenters. The van der Waals surface area contributed by atoms with Crippen molar-refractivity contribution in [1.82, 2.24) is 0 Å². The van der Waals surface area contributed by atoms with Crippen molar-refractivity contribution >= 4 is 28.8 Å². The Morgan fingerprint density at radius 2 is 2.00 bits per heavy atom. The van der Waals surface area contributed by atoms with E-state index in [1.165, 1.54) is 0 Å². The van der Waals surface area contributed by atoms with Crippen LogP contribution in [0.1, 0.15) is 16.7 Å². The molecule has 110 valence electrons. The fourth-order valence-corrected chi connectivity index (χ4v) is 2.22. The maximum atomic E-state index is 6.19. The SMILES string of the molecule is COc1cccc(COCc2ccc(C(N)=S)cc2Cl)c1. The third-order valence-corrected chi connectivity index (χ3v) is 3.59. The van der Waals surface area contributed by atoms with E-state index >= 15 is 0 Å². The lowest BCUT2D eigenvalue weighted by Gasteiger charge is -2.09. The van der Waals surface area contributed by atoms with Crippen LogP contribution in [-0.4, -0.2) is 12.1 Å². The van der Waals surface area contributed by atoms with Gasteiger partial charge >= 0.3 is 0 Å². The first-order valence-corrected chi connectivity index (χ1v) is 7.17. The van der Waals surface area contributed by atoms with Gasteiger partial charge in [0.25, 0.3) is 0 Å². The van der Waals surface area contributed by atoms with Crippen LogP contribution in [0, 0.1) is 0 Å². The van der Waals surface area contributed by atoms with Crippen LogP contribution >= 0.6 is 23.8 Å². The van der Waals surface area contributed by atoms with Crippen LogP contribution in [0.4, 0.5) is 0 Å². The van der Waals surface area contributed by atoms with Crippen LogP contribution in [0.3, 0.4) is 0 Å². The lowest BCUT2D eigenvalue weighted by Crippen LogP contribution is -2.09. The summed E-state index contributed by atoms with van der Waals surface area (Å²) in [6.07, 6.45) is 0. The number of ether oxygens (including phenoxy) is 2. The molecule has 0 aromatic heterocycles. The predicted molar refractivity (Wildman–Crippen MR) is 88.8 cm³/mol. The smallest absolute Gasteiger partial charge is 0.119 e. The summed E-state index contributed by atoms with van der Waals surface area (Å²) in [6.45, 7) is 0.915. The van der Waals surface area contributed by atoms with Gasteiger partial charge < -0.3 is 15.2 Å². The van der Waals surface area contributed by atoms with E-state index in [9.17, 15) is 0 Å². The van der Waals surface area contributed by atoms with Crippen molar-refractivity contribution in [1.29, 1.82) is 0 Å². The molecule has 0 amide bonds. The number of methoxy groups -OCH3 is 1. The molecule has 0 unspecified atom stereocenters. The van der Waals surface area contributed by atoms with E-state index in [0.29, 0.717) is 23.2 Å². The molecule has 2 aromatic rings. The highest BCUT2D eigenvalue weighted by molar-refractivity contribution is 7.80. The molecule has 2 rings (SSSR count). The average molecular weight is 322 g/mol. The van der Waals surface area contributed by atoms with Crippen molar-refractivity contribution < 1.29 is 9.47 Å². The number of nitrogens with two attached hydrogens (primary N) is 1. The van der Waals surface area contributed by atoms with Gasteiger partial charge in [0.2, 0.25) is 0 Å². The normalized spacial score (nSPS) is 10.4. The van der Waals surface area contributed by atoms with Gasteiger partial charge in [0.1, 0.15) is 10.7 Å². The first-order valence-electron chi connectivity index (χ1n) is 6.39. The quantitative estimate of drug-likeness (QED) is 0.824. The van der Waals surface area contributed by atoms with Gasteiger partial charge in [0.05, 0.1) is 20.3 Å². The average Bonchev–Trinajstić information content (AvgIpc) is 2.49. The number of hydrogen-bond acceptors (Lipinski definition) is 3. The van der Waals surface area contributed by atoms with Crippen LogP contribution < -0.4 is 10.5 Å². The molecule has 0 aliphatic carbocycles. The minimum atomic E-state index is 0.334. The van der Waals surface area contributed by atoms with E-state index < -0.39 is 0 Å². The van der Waals surface area contributed by atoms with Crippen molar-refractivity contribution in [2.45, 2.75) is 13.2 Å². The monoisotopic (exact) mass is 321 g/mol. The maximum Gasteiger partial charge on any atom is 0.119 e. The molecular formula is C16H16ClNO2S. The van der Waals surface area contributed by atoms with Gasteiger partial charge in [0.15, 0.2) is 0 Å². The predicted octanol–water partition coefficient (Wildman–Crippen LogP) is 3.70. The molecule has 2 N–H and O–H groups in total. The summed E-state index contributed by atoms with van der Waals surface area (Å²) in [5, 5.41) is 0.603. The summed E-state index contributed by atoms with van der Waals surface area (Å²) in [4.78, 5) is 0.334. The molecule has 0 bridgehead atoms.